The minimum Gasteiger partial charge on any atom is -0.427 e. The predicted octanol–water partition coefficient (Wildman–Crippen LogP) is -15.0. The maximum Gasteiger partial charge on any atom is 1.00 e. The normalized spacial score (nSPS) is 4.88. The van der Waals surface area contributed by atoms with Crippen molar-refractivity contribution in [3.63, 3.8) is 0 Å². The van der Waals surface area contributed by atoms with E-state index in [1.165, 1.54) is 0 Å². The average Bonchev–Trinajstić information content (AvgIpc) is 1.66. The molecule has 16 heavy (non-hydrogen) atoms. The largest absolute Gasteiger partial charge is 1.00 e. The zero-order valence-electron chi connectivity index (χ0n) is 19.0. The van der Waals surface area contributed by atoms with Gasteiger partial charge in [0, 0.05) is 37.2 Å². The van der Waals surface area contributed by atoms with Crippen LogP contribution in [0.4, 0.5) is 0 Å². The van der Waals surface area contributed by atoms with E-state index in [0.717, 1.165) is 0 Å². The van der Waals surface area contributed by atoms with Crippen LogP contribution in [0.25, 0.3) is 0 Å². The highest BCUT2D eigenvalue weighted by Gasteiger charge is 1.70. The molecular formula is H24I4O12+10. The number of rotatable bonds is 0. The van der Waals surface area contributed by atoms with Crippen molar-refractivity contribution in [1.29, 1.82) is 0 Å². The third kappa shape index (κ3) is 658. The van der Waals surface area contributed by atoms with E-state index >= 15 is 0 Å². The molecule has 0 fully saturated rings. The Morgan fingerprint density at radius 1 is 0.500 bits per heavy atom. The quantitative estimate of drug-likeness (QED) is 0.218. The molecule has 0 radical (unpaired) electrons. The second kappa shape index (κ2) is 66.2. The molecule has 0 heterocycles. The van der Waals surface area contributed by atoms with Gasteiger partial charge in [-0.1, -0.05) is 0 Å². The van der Waals surface area contributed by atoms with E-state index in [0.29, 0.717) is 0 Å². The molecule has 0 amide bonds. The monoisotopic (exact) mass is 724 g/mol. The van der Waals surface area contributed by atoms with Crippen molar-refractivity contribution in [3.8, 4) is 0 Å². The second-order valence-corrected chi connectivity index (χ2v) is 2.54. The van der Waals surface area contributed by atoms with Crippen LogP contribution in [0.1, 0.15) is 17.1 Å². The standard InChI is InChI=1S/I2.2IO3.6H2O/c1-2;2*2-1(3)4;;;;;;/h;;;6*1H2/q;2*-1;;;;;;/p+12. The smallest absolute Gasteiger partial charge is 0.427 e. The summed E-state index contributed by atoms with van der Waals surface area (Å²) in [5.74, 6) is 0. The highest BCUT2D eigenvalue weighted by molar-refractivity contribution is 15.0. The number of hydrogen-bond donors (Lipinski definition) is 0. The molecule has 0 saturated heterocycles. The van der Waals surface area contributed by atoms with E-state index in [1.807, 2.05) is 0 Å². The lowest BCUT2D eigenvalue weighted by atomic mass is 16.0. The van der Waals surface area contributed by atoms with Gasteiger partial charge in [0.05, 0.1) is 0 Å². The molecule has 0 aromatic carbocycles. The average molecular weight is 724 g/mol. The van der Waals surface area contributed by atoms with E-state index in [-0.39, 0.29) is 50.0 Å². The first kappa shape index (κ1) is 62.9. The lowest BCUT2D eigenvalue weighted by Crippen LogP contribution is -4.05. The van der Waals surface area contributed by atoms with Gasteiger partial charge in [0.15, 0.2) is 0 Å². The summed E-state index contributed by atoms with van der Waals surface area (Å²) >= 11 is -3.79. The third-order valence-electron chi connectivity index (χ3n) is 0. The summed E-state index contributed by atoms with van der Waals surface area (Å²) in [7, 11) is 0. The fourth-order valence-corrected chi connectivity index (χ4v) is 0. The summed E-state index contributed by atoms with van der Waals surface area (Å²) in [6.07, 6.45) is 0. The van der Waals surface area contributed by atoms with Gasteiger partial charge in [-0.15, -0.1) is 0 Å². The van der Waals surface area contributed by atoms with Gasteiger partial charge < -0.3 is 53.5 Å². The molecule has 0 aliphatic heterocycles. The van der Waals surface area contributed by atoms with E-state index < -0.39 is 42.1 Å². The van der Waals surface area contributed by atoms with Gasteiger partial charge in [0.2, 0.25) is 0 Å². The molecule has 0 rings (SSSR count). The molecule has 0 aromatic heterocycles. The molecular weight excluding hydrogens is 700 g/mol. The summed E-state index contributed by atoms with van der Waals surface area (Å²) in [6.45, 7) is 0. The fourth-order valence-electron chi connectivity index (χ4n) is 0. The van der Waals surface area contributed by atoms with Crippen LogP contribution in [0.2, 0.25) is 0 Å². The molecule has 114 valence electrons. The Bertz CT molecular complexity index is 56.1. The Balaban J connectivity index is -0.00000000106. The first-order valence-corrected chi connectivity index (χ1v) is 12.6. The minimum absolute atomic E-state index is 0. The molecule has 0 aromatic rings. The zero-order valence-corrected chi connectivity index (χ0v) is 15.6. The molecule has 16 heteroatoms. The minimum atomic E-state index is -4.01. The van der Waals surface area contributed by atoms with Crippen LogP contribution in [0.15, 0.2) is 0 Å². The molecule has 0 spiro atoms. The van der Waals surface area contributed by atoms with Crippen molar-refractivity contribution in [1.82, 2.24) is 0 Å². The van der Waals surface area contributed by atoms with E-state index in [2.05, 4.69) is 37.2 Å². The molecule has 12 N–H and O–H groups in total. The summed E-state index contributed by atoms with van der Waals surface area (Å²) in [5.41, 5.74) is 0. The van der Waals surface area contributed by atoms with Gasteiger partial charge in [-0.2, -0.15) is 0 Å². The zero-order chi connectivity index (χ0) is 9.15. The lowest BCUT2D eigenvalue weighted by molar-refractivity contribution is -1.73. The first-order chi connectivity index (χ1) is 4.46. The van der Waals surface area contributed by atoms with Gasteiger partial charge in [0.1, 0.15) is 0 Å². The fraction of sp³-hybridized carbons (Fsp3) is 0. The van der Waals surface area contributed by atoms with Crippen molar-refractivity contribution in [2.45, 2.75) is 0 Å². The number of hydrogen-bond acceptors (Lipinski definition) is 6. The molecule has 0 bridgehead atoms. The van der Waals surface area contributed by atoms with Gasteiger partial charge in [-0.3, -0.25) is 0 Å². The number of halogens is 4. The van der Waals surface area contributed by atoms with Crippen LogP contribution in [0, 0.1) is 0 Å². The van der Waals surface area contributed by atoms with Crippen LogP contribution < -0.4 is 62.7 Å². The summed E-state index contributed by atoms with van der Waals surface area (Å²) < 4.78 is 51.4. The summed E-state index contributed by atoms with van der Waals surface area (Å²) in [4.78, 5) is 0. The van der Waals surface area contributed by atoms with E-state index in [4.69, 9.17) is 20.6 Å². The summed E-state index contributed by atoms with van der Waals surface area (Å²) in [5, 5.41) is 0. The van der Waals surface area contributed by atoms with Crippen LogP contribution >= 0.6 is 37.2 Å². The van der Waals surface area contributed by atoms with Crippen molar-refractivity contribution < 1.29 is 113 Å². The Kier molecular flexibility index (Phi) is 260. The molecule has 0 saturated carbocycles. The Morgan fingerprint density at radius 3 is 0.500 bits per heavy atom. The Morgan fingerprint density at radius 2 is 0.500 bits per heavy atom. The van der Waals surface area contributed by atoms with Crippen LogP contribution in [-0.2, 0) is 0 Å². The van der Waals surface area contributed by atoms with E-state index in [1.54, 1.807) is 0 Å². The third-order valence-corrected chi connectivity index (χ3v) is 0. The maximum absolute atomic E-state index is 8.57. The van der Waals surface area contributed by atoms with E-state index in [9.17, 15) is 0 Å². The van der Waals surface area contributed by atoms with Gasteiger partial charge in [-0.05, 0) is 0 Å². The van der Waals surface area contributed by atoms with Gasteiger partial charge in [-0.25, -0.2) is 0 Å². The highest BCUT2D eigenvalue weighted by Crippen LogP contribution is 1.89. The molecule has 0 aliphatic rings. The van der Waals surface area contributed by atoms with Crippen molar-refractivity contribution in [2.24, 2.45) is 0 Å². The first-order valence-electron chi connectivity index (χ1n) is 1.07. The van der Waals surface area contributed by atoms with Crippen LogP contribution in [0.3, 0.4) is 0 Å². The molecule has 0 unspecified atom stereocenters. The molecule has 0 atom stereocenters. The van der Waals surface area contributed by atoms with Crippen molar-refractivity contribution in [3.05, 3.63) is 0 Å². The lowest BCUT2D eigenvalue weighted by Gasteiger charge is -1.84. The Hall–Kier alpha value is 2.44. The van der Waals surface area contributed by atoms with Crippen LogP contribution in [0.5, 0.6) is 0 Å². The predicted molar refractivity (Wildman–Crippen MR) is 63.1 cm³/mol. The Labute approximate surface area is 149 Å². The van der Waals surface area contributed by atoms with Gasteiger partial charge >= 0.3 is 17.1 Å². The van der Waals surface area contributed by atoms with Crippen molar-refractivity contribution in [2.75, 3.05) is 0 Å². The molecule has 0 aliphatic carbocycles. The van der Waals surface area contributed by atoms with Crippen molar-refractivity contribution >= 4 is 37.2 Å². The SMILES string of the molecule is II.O.O.O.O.O.O.[H+].[H+].[H+].[H+].[H+].[H+].[H+].[H+].[H+].[H+].[H+].[H+].[O-][I+2]([O-])[O-].[O-][I+2]([O-])[O-]. The maximum atomic E-state index is 8.57. The highest BCUT2D eigenvalue weighted by atomic mass is 128. The second-order valence-electron chi connectivity index (χ2n) is 0.378. The van der Waals surface area contributed by atoms with Gasteiger partial charge in [0.25, 0.3) is 42.1 Å². The van der Waals surface area contributed by atoms with Crippen LogP contribution in [-0.4, -0.2) is 32.9 Å². The topological polar surface area (TPSA) is 327 Å². The summed E-state index contributed by atoms with van der Waals surface area (Å²) in [6, 6.07) is 0. The molecule has 12 nitrogen and oxygen atoms in total.